The average molecular weight is 437 g/mol. The van der Waals surface area contributed by atoms with Gasteiger partial charge in [0.25, 0.3) is 5.91 Å². The zero-order chi connectivity index (χ0) is 22.8. The highest BCUT2D eigenvalue weighted by atomic mass is 19.4. The number of aromatic nitrogens is 2. The van der Waals surface area contributed by atoms with Gasteiger partial charge >= 0.3 is 6.18 Å². The summed E-state index contributed by atoms with van der Waals surface area (Å²) in [5, 5.41) is 16.4. The van der Waals surface area contributed by atoms with Gasteiger partial charge < -0.3 is 10.4 Å². The first-order valence-corrected chi connectivity index (χ1v) is 10.3. The lowest BCUT2D eigenvalue weighted by molar-refractivity contribution is -0.137. The molecule has 1 heterocycles. The van der Waals surface area contributed by atoms with Crippen molar-refractivity contribution in [3.05, 3.63) is 52.8 Å². The maximum Gasteiger partial charge on any atom is 0.416 e. The molecule has 0 spiro atoms. The SMILES string of the molecule is CNC(=O)c1cc(C(=O)C[C@H]2CC[C@H](O)CC2)n([C@H](C)c2cccc(C(F)(F)F)c2)n1. The molecule has 2 aromatic rings. The fourth-order valence-corrected chi connectivity index (χ4v) is 3.97. The third-order valence-corrected chi connectivity index (χ3v) is 5.83. The van der Waals surface area contributed by atoms with Gasteiger partial charge in [0.1, 0.15) is 5.69 Å². The summed E-state index contributed by atoms with van der Waals surface area (Å²) >= 11 is 0. The number of halogens is 3. The Labute approximate surface area is 178 Å². The Morgan fingerprint density at radius 1 is 1.23 bits per heavy atom. The number of carbonyl (C=O) groups excluding carboxylic acids is 2. The van der Waals surface area contributed by atoms with Crippen molar-refractivity contribution in [1.82, 2.24) is 15.1 Å². The number of aliphatic hydroxyl groups is 1. The number of hydrogen-bond donors (Lipinski definition) is 2. The van der Waals surface area contributed by atoms with Crippen molar-refractivity contribution in [1.29, 1.82) is 0 Å². The minimum Gasteiger partial charge on any atom is -0.393 e. The molecule has 0 saturated heterocycles. The highest BCUT2D eigenvalue weighted by molar-refractivity contribution is 5.99. The van der Waals surface area contributed by atoms with Gasteiger partial charge in [0.2, 0.25) is 0 Å². The fourth-order valence-electron chi connectivity index (χ4n) is 3.97. The first kappa shape index (κ1) is 23.0. The quantitative estimate of drug-likeness (QED) is 0.670. The zero-order valence-corrected chi connectivity index (χ0v) is 17.4. The minimum atomic E-state index is -4.49. The van der Waals surface area contributed by atoms with E-state index in [1.54, 1.807) is 6.92 Å². The topological polar surface area (TPSA) is 84.2 Å². The van der Waals surface area contributed by atoms with Crippen molar-refractivity contribution in [3.8, 4) is 0 Å². The molecule has 0 unspecified atom stereocenters. The van der Waals surface area contributed by atoms with Crippen LogP contribution >= 0.6 is 0 Å². The fraction of sp³-hybridized carbons (Fsp3) is 0.500. The molecule has 1 aliphatic carbocycles. The minimum absolute atomic E-state index is 0.0312. The molecule has 0 aliphatic heterocycles. The molecule has 31 heavy (non-hydrogen) atoms. The molecule has 9 heteroatoms. The van der Waals surface area contributed by atoms with Gasteiger partial charge in [-0.05, 0) is 56.2 Å². The number of Topliss-reactive ketones (excluding diaryl/α,β-unsaturated/α-hetero) is 1. The second-order valence-corrected chi connectivity index (χ2v) is 8.04. The predicted octanol–water partition coefficient (Wildman–Crippen LogP) is 3.99. The first-order chi connectivity index (χ1) is 14.6. The lowest BCUT2D eigenvalue weighted by atomic mass is 9.84. The molecule has 1 atom stereocenters. The van der Waals surface area contributed by atoms with Crippen LogP contribution in [0.5, 0.6) is 0 Å². The van der Waals surface area contributed by atoms with Crippen LogP contribution in [0.1, 0.15) is 77.2 Å². The Balaban J connectivity index is 1.92. The van der Waals surface area contributed by atoms with Crippen molar-refractivity contribution in [2.45, 2.75) is 57.3 Å². The molecular weight excluding hydrogens is 411 g/mol. The Hall–Kier alpha value is -2.68. The van der Waals surface area contributed by atoms with Gasteiger partial charge in [-0.3, -0.25) is 14.3 Å². The van der Waals surface area contributed by atoms with Crippen LogP contribution in [-0.4, -0.2) is 39.7 Å². The van der Waals surface area contributed by atoms with E-state index in [0.29, 0.717) is 18.4 Å². The zero-order valence-electron chi connectivity index (χ0n) is 17.4. The predicted molar refractivity (Wildman–Crippen MR) is 108 cm³/mol. The second kappa shape index (κ2) is 9.21. The van der Waals surface area contributed by atoms with Crippen LogP contribution in [0.4, 0.5) is 13.2 Å². The monoisotopic (exact) mass is 437 g/mol. The molecule has 6 nitrogen and oxygen atoms in total. The van der Waals surface area contributed by atoms with Gasteiger partial charge in [-0.25, -0.2) is 0 Å². The summed E-state index contributed by atoms with van der Waals surface area (Å²) in [6.07, 6.45) is -1.85. The maximum atomic E-state index is 13.1. The lowest BCUT2D eigenvalue weighted by Crippen LogP contribution is -2.22. The number of amides is 1. The highest BCUT2D eigenvalue weighted by Crippen LogP contribution is 2.32. The van der Waals surface area contributed by atoms with Gasteiger partial charge in [0, 0.05) is 19.5 Å². The van der Waals surface area contributed by atoms with Gasteiger partial charge in [-0.1, -0.05) is 12.1 Å². The van der Waals surface area contributed by atoms with E-state index in [9.17, 15) is 27.9 Å². The number of hydrogen-bond acceptors (Lipinski definition) is 4. The van der Waals surface area contributed by atoms with E-state index in [1.807, 2.05) is 0 Å². The largest absolute Gasteiger partial charge is 0.416 e. The van der Waals surface area contributed by atoms with Crippen LogP contribution in [0.3, 0.4) is 0 Å². The molecule has 1 aromatic heterocycles. The summed E-state index contributed by atoms with van der Waals surface area (Å²) in [6.45, 7) is 1.64. The van der Waals surface area contributed by atoms with E-state index in [-0.39, 0.29) is 35.6 Å². The summed E-state index contributed by atoms with van der Waals surface area (Å²) in [6, 6.07) is 5.57. The van der Waals surface area contributed by atoms with E-state index >= 15 is 0 Å². The van der Waals surface area contributed by atoms with E-state index in [1.165, 1.54) is 29.9 Å². The number of aliphatic hydroxyl groups excluding tert-OH is 1. The normalized spacial score (nSPS) is 20.3. The van der Waals surface area contributed by atoms with Gasteiger partial charge in [0.15, 0.2) is 11.5 Å². The summed E-state index contributed by atoms with van der Waals surface area (Å²) in [5.74, 6) is -0.584. The van der Waals surface area contributed by atoms with Crippen molar-refractivity contribution >= 4 is 11.7 Å². The molecule has 1 aliphatic rings. The Morgan fingerprint density at radius 2 is 1.90 bits per heavy atom. The molecule has 3 rings (SSSR count). The molecule has 168 valence electrons. The lowest BCUT2D eigenvalue weighted by Gasteiger charge is -2.25. The van der Waals surface area contributed by atoms with Gasteiger partial charge in [0.05, 0.1) is 17.7 Å². The van der Waals surface area contributed by atoms with E-state index < -0.39 is 23.7 Å². The van der Waals surface area contributed by atoms with Crippen molar-refractivity contribution in [3.63, 3.8) is 0 Å². The van der Waals surface area contributed by atoms with Crippen LogP contribution in [0.15, 0.2) is 30.3 Å². The number of nitrogens with zero attached hydrogens (tertiary/aromatic N) is 2. The van der Waals surface area contributed by atoms with Crippen molar-refractivity contribution < 1.29 is 27.9 Å². The molecule has 1 fully saturated rings. The maximum absolute atomic E-state index is 13.1. The average Bonchev–Trinajstić information content (AvgIpc) is 3.19. The molecule has 1 saturated carbocycles. The van der Waals surface area contributed by atoms with Crippen molar-refractivity contribution in [2.24, 2.45) is 5.92 Å². The van der Waals surface area contributed by atoms with Crippen LogP contribution in [0.2, 0.25) is 0 Å². The van der Waals surface area contributed by atoms with Crippen LogP contribution in [-0.2, 0) is 6.18 Å². The number of ketones is 1. The summed E-state index contributed by atoms with van der Waals surface area (Å²) < 4.78 is 40.7. The number of benzene rings is 1. The highest BCUT2D eigenvalue weighted by Gasteiger charge is 2.32. The Kier molecular flexibility index (Phi) is 6.83. The van der Waals surface area contributed by atoms with Gasteiger partial charge in [-0.15, -0.1) is 0 Å². The molecular formula is C22H26F3N3O3. The molecule has 0 bridgehead atoms. The van der Waals surface area contributed by atoms with E-state index in [2.05, 4.69) is 10.4 Å². The van der Waals surface area contributed by atoms with E-state index in [4.69, 9.17) is 0 Å². The first-order valence-electron chi connectivity index (χ1n) is 10.3. The second-order valence-electron chi connectivity index (χ2n) is 8.04. The number of carbonyl (C=O) groups is 2. The van der Waals surface area contributed by atoms with Crippen LogP contribution in [0, 0.1) is 5.92 Å². The van der Waals surface area contributed by atoms with Crippen LogP contribution < -0.4 is 5.32 Å². The van der Waals surface area contributed by atoms with Crippen molar-refractivity contribution in [2.75, 3.05) is 7.05 Å². The molecule has 1 aromatic carbocycles. The summed E-state index contributed by atoms with van der Waals surface area (Å²) in [7, 11) is 1.44. The third kappa shape index (κ3) is 5.33. The van der Waals surface area contributed by atoms with Gasteiger partial charge in [-0.2, -0.15) is 18.3 Å². The smallest absolute Gasteiger partial charge is 0.393 e. The van der Waals surface area contributed by atoms with E-state index in [0.717, 1.165) is 25.0 Å². The van der Waals surface area contributed by atoms with Crippen LogP contribution in [0.25, 0.3) is 0 Å². The molecule has 0 radical (unpaired) electrons. The Morgan fingerprint density at radius 3 is 2.52 bits per heavy atom. The number of alkyl halides is 3. The number of rotatable bonds is 6. The molecule has 2 N–H and O–H groups in total. The standard InChI is InChI=1S/C22H26F3N3O3/c1-13(15-4-3-5-16(11-15)22(23,24)25)28-19(12-18(27-28)21(31)26-2)20(30)10-14-6-8-17(29)9-7-14/h3-5,11-14,17,29H,6-10H2,1-2H3,(H,26,31)/t13-,14-,17-/m1/s1. The third-order valence-electron chi connectivity index (χ3n) is 5.83. The Bertz CT molecular complexity index is 947. The molecule has 1 amide bonds. The summed E-state index contributed by atoms with van der Waals surface area (Å²) in [5.41, 5.74) is -0.237. The summed E-state index contributed by atoms with van der Waals surface area (Å²) in [4.78, 5) is 25.2. The number of nitrogens with one attached hydrogen (secondary N) is 1.